The minimum absolute atomic E-state index is 0.126. The zero-order chi connectivity index (χ0) is 21.7. The van der Waals surface area contributed by atoms with E-state index in [9.17, 15) is 22.0 Å². The first-order valence-electron chi connectivity index (χ1n) is 9.87. The minimum Gasteiger partial charge on any atom is -0.374 e. The molecule has 0 spiro atoms. The Morgan fingerprint density at radius 3 is 2.43 bits per heavy atom. The van der Waals surface area contributed by atoms with Crippen LogP contribution in [-0.2, 0) is 14.8 Å². The molecular formula is C21H25F2N3O3S. The van der Waals surface area contributed by atoms with E-state index < -0.39 is 27.6 Å². The molecule has 0 saturated carbocycles. The lowest BCUT2D eigenvalue weighted by Crippen LogP contribution is -2.32. The van der Waals surface area contributed by atoms with Crippen molar-refractivity contribution in [3.8, 4) is 0 Å². The van der Waals surface area contributed by atoms with Gasteiger partial charge in [0.1, 0.15) is 11.6 Å². The molecule has 0 aliphatic carbocycles. The summed E-state index contributed by atoms with van der Waals surface area (Å²) in [6, 6.07) is 7.60. The second kappa shape index (κ2) is 9.53. The number of hydrogen-bond donors (Lipinski definition) is 2. The molecule has 2 N–H and O–H groups in total. The summed E-state index contributed by atoms with van der Waals surface area (Å²) in [5.41, 5.74) is 0.788. The van der Waals surface area contributed by atoms with Crippen molar-refractivity contribution in [1.29, 1.82) is 0 Å². The van der Waals surface area contributed by atoms with E-state index >= 15 is 0 Å². The number of sulfonamides is 1. The molecule has 0 bridgehead atoms. The highest BCUT2D eigenvalue weighted by atomic mass is 32.2. The molecule has 162 valence electrons. The van der Waals surface area contributed by atoms with Crippen molar-refractivity contribution < 1.29 is 22.0 Å². The average molecular weight is 438 g/mol. The molecule has 1 amide bonds. The summed E-state index contributed by atoms with van der Waals surface area (Å²) in [5.74, 6) is -1.81. The van der Waals surface area contributed by atoms with E-state index in [1.807, 2.05) is 0 Å². The van der Waals surface area contributed by atoms with Gasteiger partial charge >= 0.3 is 0 Å². The van der Waals surface area contributed by atoms with Crippen LogP contribution < -0.4 is 10.6 Å². The number of rotatable bonds is 6. The molecule has 1 fully saturated rings. The van der Waals surface area contributed by atoms with Gasteiger partial charge in [0.15, 0.2) is 0 Å². The van der Waals surface area contributed by atoms with E-state index in [1.54, 1.807) is 19.1 Å². The highest BCUT2D eigenvalue weighted by Gasteiger charge is 2.27. The van der Waals surface area contributed by atoms with Crippen LogP contribution in [0.4, 0.5) is 20.2 Å². The maximum Gasteiger partial charge on any atom is 0.243 e. The van der Waals surface area contributed by atoms with Gasteiger partial charge in [0.2, 0.25) is 15.9 Å². The summed E-state index contributed by atoms with van der Waals surface area (Å²) < 4.78 is 54.6. The normalized spacial score (nSPS) is 15.4. The van der Waals surface area contributed by atoms with E-state index in [0.717, 1.165) is 43.9 Å². The monoisotopic (exact) mass is 437 g/mol. The van der Waals surface area contributed by atoms with Crippen molar-refractivity contribution in [3.05, 3.63) is 53.6 Å². The molecule has 1 aliphatic heterocycles. The van der Waals surface area contributed by atoms with E-state index in [1.165, 1.54) is 10.4 Å². The lowest BCUT2D eigenvalue weighted by atomic mass is 10.2. The Kier molecular flexibility index (Phi) is 7.04. The maximum absolute atomic E-state index is 13.6. The standard InChI is InChI=1S/C21H25F2N3O3S/c1-15-6-8-17(13-20(15)30(28,29)26-10-4-2-3-5-11-26)25-21(27)14-24-19-12-16(22)7-9-18(19)23/h6-9,12-13,24H,2-5,10-11,14H2,1H3,(H,25,27). The quantitative estimate of drug-likeness (QED) is 0.719. The van der Waals surface area contributed by atoms with Crippen LogP contribution in [0.25, 0.3) is 0 Å². The Hall–Kier alpha value is -2.52. The van der Waals surface area contributed by atoms with Crippen molar-refractivity contribution in [2.75, 3.05) is 30.3 Å². The molecule has 1 heterocycles. The van der Waals surface area contributed by atoms with E-state index in [-0.39, 0.29) is 17.1 Å². The summed E-state index contributed by atoms with van der Waals surface area (Å²) in [6.07, 6.45) is 3.69. The fourth-order valence-electron chi connectivity index (χ4n) is 3.39. The Morgan fingerprint density at radius 1 is 1.03 bits per heavy atom. The molecule has 2 aromatic carbocycles. The Bertz CT molecular complexity index is 1020. The smallest absolute Gasteiger partial charge is 0.243 e. The second-order valence-corrected chi connectivity index (χ2v) is 9.23. The van der Waals surface area contributed by atoms with Crippen molar-refractivity contribution in [2.24, 2.45) is 0 Å². The number of nitrogens with zero attached hydrogens (tertiary/aromatic N) is 1. The highest BCUT2D eigenvalue weighted by Crippen LogP contribution is 2.26. The third-order valence-corrected chi connectivity index (χ3v) is 7.06. The van der Waals surface area contributed by atoms with E-state index in [0.29, 0.717) is 24.3 Å². The molecule has 9 heteroatoms. The maximum atomic E-state index is 13.6. The molecule has 2 aromatic rings. The number of anilines is 2. The third kappa shape index (κ3) is 5.34. The zero-order valence-corrected chi connectivity index (χ0v) is 17.6. The van der Waals surface area contributed by atoms with Gasteiger partial charge in [-0.1, -0.05) is 18.9 Å². The van der Waals surface area contributed by atoms with Crippen LogP contribution >= 0.6 is 0 Å². The molecule has 30 heavy (non-hydrogen) atoms. The van der Waals surface area contributed by atoms with Gasteiger partial charge in [-0.05, 0) is 55.7 Å². The first kappa shape index (κ1) is 22.2. The number of benzene rings is 2. The SMILES string of the molecule is Cc1ccc(NC(=O)CNc2cc(F)ccc2F)cc1S(=O)(=O)N1CCCCCC1. The largest absolute Gasteiger partial charge is 0.374 e. The van der Waals surface area contributed by atoms with Gasteiger partial charge in [-0.3, -0.25) is 4.79 Å². The molecule has 3 rings (SSSR count). The third-order valence-electron chi connectivity index (χ3n) is 5.02. The molecule has 0 aromatic heterocycles. The first-order chi connectivity index (χ1) is 14.3. The van der Waals surface area contributed by atoms with E-state index in [4.69, 9.17) is 0 Å². The second-order valence-electron chi connectivity index (χ2n) is 7.32. The van der Waals surface area contributed by atoms with Gasteiger partial charge in [0.05, 0.1) is 17.1 Å². The Balaban J connectivity index is 1.71. The number of hydrogen-bond acceptors (Lipinski definition) is 4. The van der Waals surface area contributed by atoms with Crippen LogP contribution in [0, 0.1) is 18.6 Å². The summed E-state index contributed by atoms with van der Waals surface area (Å²) in [4.78, 5) is 12.4. The fourth-order valence-corrected chi connectivity index (χ4v) is 5.16. The zero-order valence-electron chi connectivity index (χ0n) is 16.7. The van der Waals surface area contributed by atoms with Crippen LogP contribution in [0.5, 0.6) is 0 Å². The molecule has 1 saturated heterocycles. The van der Waals surface area contributed by atoms with Crippen molar-refractivity contribution >= 4 is 27.3 Å². The summed E-state index contributed by atoms with van der Waals surface area (Å²) >= 11 is 0. The molecule has 0 radical (unpaired) electrons. The van der Waals surface area contributed by atoms with Crippen LogP contribution in [-0.4, -0.2) is 38.3 Å². The summed E-state index contributed by atoms with van der Waals surface area (Å²) in [7, 11) is -3.66. The number of halogens is 2. The highest BCUT2D eigenvalue weighted by molar-refractivity contribution is 7.89. The van der Waals surface area contributed by atoms with Gasteiger partial charge in [0, 0.05) is 18.8 Å². The van der Waals surface area contributed by atoms with Gasteiger partial charge in [-0.25, -0.2) is 17.2 Å². The van der Waals surface area contributed by atoms with Gasteiger partial charge in [0.25, 0.3) is 0 Å². The first-order valence-corrected chi connectivity index (χ1v) is 11.3. The van der Waals surface area contributed by atoms with E-state index in [2.05, 4.69) is 10.6 Å². The van der Waals surface area contributed by atoms with Crippen LogP contribution in [0.15, 0.2) is 41.3 Å². The fraction of sp³-hybridized carbons (Fsp3) is 0.381. The number of nitrogens with one attached hydrogen (secondary N) is 2. The molecule has 0 unspecified atom stereocenters. The predicted octanol–water partition coefficient (Wildman–Crippen LogP) is 3.89. The van der Waals surface area contributed by atoms with Crippen LogP contribution in [0.3, 0.4) is 0 Å². The van der Waals surface area contributed by atoms with Gasteiger partial charge < -0.3 is 10.6 Å². The number of carbonyl (C=O) groups is 1. The van der Waals surface area contributed by atoms with Crippen molar-refractivity contribution in [3.63, 3.8) is 0 Å². The van der Waals surface area contributed by atoms with Gasteiger partial charge in [-0.15, -0.1) is 0 Å². The Morgan fingerprint density at radius 2 is 1.73 bits per heavy atom. The lowest BCUT2D eigenvalue weighted by molar-refractivity contribution is -0.114. The van der Waals surface area contributed by atoms with Gasteiger partial charge in [-0.2, -0.15) is 4.31 Å². The molecular weight excluding hydrogens is 412 g/mol. The number of aryl methyl sites for hydroxylation is 1. The molecule has 0 atom stereocenters. The Labute approximate surface area is 175 Å². The minimum atomic E-state index is -3.66. The average Bonchev–Trinajstić information content (AvgIpc) is 3.00. The number of amides is 1. The van der Waals surface area contributed by atoms with Crippen LogP contribution in [0.1, 0.15) is 31.2 Å². The molecule has 6 nitrogen and oxygen atoms in total. The lowest BCUT2D eigenvalue weighted by Gasteiger charge is -2.21. The summed E-state index contributed by atoms with van der Waals surface area (Å²) in [5, 5.41) is 5.14. The molecule has 1 aliphatic rings. The topological polar surface area (TPSA) is 78.5 Å². The predicted molar refractivity (Wildman–Crippen MR) is 112 cm³/mol. The van der Waals surface area contributed by atoms with Crippen LogP contribution in [0.2, 0.25) is 0 Å². The van der Waals surface area contributed by atoms with Crippen molar-refractivity contribution in [2.45, 2.75) is 37.5 Å². The van der Waals surface area contributed by atoms with Crippen molar-refractivity contribution in [1.82, 2.24) is 4.31 Å². The number of carbonyl (C=O) groups excluding carboxylic acids is 1. The summed E-state index contributed by atoms with van der Waals surface area (Å²) in [6.45, 7) is 2.38.